The van der Waals surface area contributed by atoms with Gasteiger partial charge in [-0.2, -0.15) is 0 Å². The Hall–Kier alpha value is -5.06. The summed E-state index contributed by atoms with van der Waals surface area (Å²) in [7, 11) is -4.65. The van der Waals surface area contributed by atoms with Crippen molar-refractivity contribution in [2.75, 3.05) is 57.4 Å². The molecular formula is C46H55FN6O8S. The first-order valence-electron chi connectivity index (χ1n) is 21.8. The summed E-state index contributed by atoms with van der Waals surface area (Å²) in [6, 6.07) is 11.6. The number of benzene rings is 2. The van der Waals surface area contributed by atoms with E-state index in [2.05, 4.69) is 45.3 Å². The van der Waals surface area contributed by atoms with Crippen LogP contribution in [0.15, 0.2) is 77.0 Å². The number of amides is 1. The number of carbonyl (C=O) groups is 1. The summed E-state index contributed by atoms with van der Waals surface area (Å²) in [5.74, 6) is 2.55. The first-order valence-corrected chi connectivity index (χ1v) is 23.3. The van der Waals surface area contributed by atoms with Crippen LogP contribution >= 0.6 is 0 Å². The van der Waals surface area contributed by atoms with Crippen molar-refractivity contribution in [3.05, 3.63) is 87.7 Å². The lowest BCUT2D eigenvalue weighted by Crippen LogP contribution is -2.47. The molecule has 2 N–H and O–H groups in total. The zero-order chi connectivity index (χ0) is 43.4. The Bertz CT molecular complexity index is 2510. The smallest absolute Gasteiger partial charge is 0.312 e. The van der Waals surface area contributed by atoms with E-state index in [4.69, 9.17) is 14.2 Å². The molecule has 4 fully saturated rings. The van der Waals surface area contributed by atoms with Gasteiger partial charge in [0.2, 0.25) is 0 Å². The number of aromatic amines is 1. The molecule has 0 spiro atoms. The van der Waals surface area contributed by atoms with Crippen molar-refractivity contribution in [3.8, 4) is 17.2 Å². The average Bonchev–Trinajstić information content (AvgIpc) is 3.79. The molecule has 4 aromatic rings. The molecule has 2 aliphatic heterocycles. The molecule has 4 heterocycles. The lowest BCUT2D eigenvalue weighted by Gasteiger charge is -2.40. The van der Waals surface area contributed by atoms with Crippen molar-refractivity contribution in [1.82, 2.24) is 19.6 Å². The summed E-state index contributed by atoms with van der Waals surface area (Å²) in [6.07, 6.45) is 9.74. The molecule has 5 aliphatic rings. The standard InChI is InChI=1S/C46H55FN6O8S/c1-29-20-37(38-24-36(29)38)39-25-45(2,3)10-8-31(39)27-51-14-16-52(17-15-51)32-4-6-35(42(22-32)61-33-21-30-9-13-48-43(30)49-26-33)44(54)50-62(57,58)34-5-7-41(40(23-34)53(55)56)60-28-46(47)11-18-59-19-12-46/h4-7,9,13,21-23,26,29,36-38H,8,10-12,14-20,24-25,27-28H2,1-3H3,(H,48,49)(H,50,54)/t29-,36?,37+,38?/m0/s1. The number of ether oxygens (including phenoxy) is 3. The summed E-state index contributed by atoms with van der Waals surface area (Å²) < 4.78 is 61.6. The second-order valence-corrected chi connectivity index (χ2v) is 20.5. The van der Waals surface area contributed by atoms with Crippen LogP contribution in [0.5, 0.6) is 17.2 Å². The zero-order valence-electron chi connectivity index (χ0n) is 35.5. The van der Waals surface area contributed by atoms with Gasteiger partial charge < -0.3 is 24.1 Å². The Morgan fingerprint density at radius 1 is 1.03 bits per heavy atom. The first kappa shape index (κ1) is 42.3. The number of nitrogens with zero attached hydrogens (tertiary/aromatic N) is 4. The third-order valence-electron chi connectivity index (χ3n) is 13.9. The number of nitrogens with one attached hydrogen (secondary N) is 2. The highest BCUT2D eigenvalue weighted by Crippen LogP contribution is 2.62. The van der Waals surface area contributed by atoms with Gasteiger partial charge >= 0.3 is 5.69 Å². The van der Waals surface area contributed by atoms with E-state index in [1.807, 2.05) is 6.07 Å². The molecule has 2 unspecified atom stereocenters. The number of nitro groups is 1. The summed E-state index contributed by atoms with van der Waals surface area (Å²) in [5, 5.41) is 12.8. The number of sulfonamides is 1. The third kappa shape index (κ3) is 8.91. The molecule has 3 aliphatic carbocycles. The molecule has 330 valence electrons. The molecule has 0 radical (unpaired) electrons. The fourth-order valence-corrected chi connectivity index (χ4v) is 11.2. The monoisotopic (exact) mass is 870 g/mol. The van der Waals surface area contributed by atoms with Crippen LogP contribution in [0.2, 0.25) is 0 Å². The molecular weight excluding hydrogens is 816 g/mol. The topological polar surface area (TPSA) is 169 Å². The number of piperazine rings is 1. The predicted molar refractivity (Wildman–Crippen MR) is 232 cm³/mol. The quantitative estimate of drug-likeness (QED) is 0.0755. The molecule has 16 heteroatoms. The Balaban J connectivity index is 0.923. The van der Waals surface area contributed by atoms with Gasteiger partial charge in [0.05, 0.1) is 21.6 Å². The molecule has 2 aromatic heterocycles. The number of fused-ring (bicyclic) bond motifs is 2. The maximum atomic E-state index is 15.2. The normalized spacial score (nSPS) is 24.7. The average molecular weight is 871 g/mol. The van der Waals surface area contributed by atoms with E-state index < -0.39 is 43.7 Å². The highest BCUT2D eigenvalue weighted by atomic mass is 32.2. The number of halogens is 1. The van der Waals surface area contributed by atoms with Crippen molar-refractivity contribution in [1.29, 1.82) is 0 Å². The van der Waals surface area contributed by atoms with Crippen molar-refractivity contribution < 1.29 is 36.7 Å². The summed E-state index contributed by atoms with van der Waals surface area (Å²) in [5.41, 5.74) is 2.75. The van der Waals surface area contributed by atoms with Gasteiger partial charge in [-0.15, -0.1) is 0 Å². The summed E-state index contributed by atoms with van der Waals surface area (Å²) >= 11 is 0. The van der Waals surface area contributed by atoms with E-state index >= 15 is 4.39 Å². The van der Waals surface area contributed by atoms with Gasteiger partial charge in [0.25, 0.3) is 15.9 Å². The fraction of sp³-hybridized carbons (Fsp3) is 0.522. The van der Waals surface area contributed by atoms with Gasteiger partial charge in [0.15, 0.2) is 5.75 Å². The maximum absolute atomic E-state index is 15.2. The number of allylic oxidation sites excluding steroid dienone is 1. The van der Waals surface area contributed by atoms with Crippen LogP contribution in [-0.2, 0) is 14.8 Å². The number of hydrogen-bond acceptors (Lipinski definition) is 11. The van der Waals surface area contributed by atoms with Gasteiger partial charge in [-0.3, -0.25) is 19.8 Å². The molecule has 9 rings (SSSR count). The zero-order valence-corrected chi connectivity index (χ0v) is 36.3. The number of H-pyrrole nitrogens is 1. The van der Waals surface area contributed by atoms with Crippen LogP contribution in [0, 0.1) is 39.2 Å². The van der Waals surface area contributed by atoms with Crippen LogP contribution in [-0.4, -0.2) is 92.3 Å². The predicted octanol–water partition coefficient (Wildman–Crippen LogP) is 8.20. The van der Waals surface area contributed by atoms with E-state index in [1.54, 1.807) is 35.5 Å². The van der Waals surface area contributed by atoms with E-state index in [0.717, 1.165) is 85.7 Å². The Morgan fingerprint density at radius 3 is 2.55 bits per heavy atom. The van der Waals surface area contributed by atoms with Crippen LogP contribution in [0.1, 0.15) is 76.1 Å². The van der Waals surface area contributed by atoms with Crippen molar-refractivity contribution in [3.63, 3.8) is 0 Å². The minimum absolute atomic E-state index is 0.0666. The van der Waals surface area contributed by atoms with Gasteiger partial charge in [0.1, 0.15) is 29.4 Å². The summed E-state index contributed by atoms with van der Waals surface area (Å²) in [6.45, 7) is 11.5. The van der Waals surface area contributed by atoms with E-state index in [0.29, 0.717) is 16.8 Å². The molecule has 2 saturated carbocycles. The Kier molecular flexibility index (Phi) is 11.3. The van der Waals surface area contributed by atoms with Crippen molar-refractivity contribution in [2.24, 2.45) is 29.1 Å². The van der Waals surface area contributed by atoms with E-state index in [1.165, 1.54) is 44.4 Å². The second-order valence-electron chi connectivity index (χ2n) is 18.9. The minimum Gasteiger partial charge on any atom is -0.483 e. The number of nitro benzene ring substituents is 1. The van der Waals surface area contributed by atoms with E-state index in [9.17, 15) is 23.3 Å². The second kappa shape index (κ2) is 16.6. The fourth-order valence-electron chi connectivity index (χ4n) is 10.2. The molecule has 2 saturated heterocycles. The largest absolute Gasteiger partial charge is 0.483 e. The highest BCUT2D eigenvalue weighted by molar-refractivity contribution is 7.90. The maximum Gasteiger partial charge on any atom is 0.312 e. The molecule has 2 aromatic carbocycles. The number of aromatic nitrogens is 2. The van der Waals surface area contributed by atoms with Crippen molar-refractivity contribution in [2.45, 2.75) is 76.3 Å². The number of alkyl halides is 1. The van der Waals surface area contributed by atoms with Crippen LogP contribution < -0.4 is 19.1 Å². The van der Waals surface area contributed by atoms with Gasteiger partial charge in [-0.25, -0.2) is 22.5 Å². The molecule has 1 amide bonds. The van der Waals surface area contributed by atoms with Crippen LogP contribution in [0.3, 0.4) is 0 Å². The number of hydrogen-bond donors (Lipinski definition) is 2. The van der Waals surface area contributed by atoms with Crippen LogP contribution in [0.4, 0.5) is 15.8 Å². The van der Waals surface area contributed by atoms with Crippen LogP contribution in [0.25, 0.3) is 11.0 Å². The molecule has 62 heavy (non-hydrogen) atoms. The number of rotatable bonds is 13. The SMILES string of the molecule is C[C@H]1C[C@@H](C2=C(CN3CCN(c4ccc(C(=O)NS(=O)(=O)c5ccc(OCC6(F)CCOCC6)c([N+](=O)[O-])c5)c(Oc5cnc6[nH]ccc6c5)c4)CC3)CCC(C)(C)C2)C2CC21. The number of anilines is 1. The van der Waals surface area contributed by atoms with Gasteiger partial charge in [-0.1, -0.05) is 31.9 Å². The first-order chi connectivity index (χ1) is 29.6. The number of carbonyl (C=O) groups excluding carboxylic acids is 1. The van der Waals surface area contributed by atoms with Gasteiger partial charge in [-0.05, 0) is 97.6 Å². The number of pyridine rings is 1. The minimum atomic E-state index is -4.65. The third-order valence-corrected chi connectivity index (χ3v) is 15.3. The van der Waals surface area contributed by atoms with E-state index in [-0.39, 0.29) is 43.1 Å². The molecule has 14 nitrogen and oxygen atoms in total. The lowest BCUT2D eigenvalue weighted by atomic mass is 9.69. The highest BCUT2D eigenvalue weighted by Gasteiger charge is 2.54. The van der Waals surface area contributed by atoms with Crippen molar-refractivity contribution >= 4 is 38.3 Å². The Morgan fingerprint density at radius 2 is 1.82 bits per heavy atom. The Labute approximate surface area is 361 Å². The molecule has 4 atom stereocenters. The van der Waals surface area contributed by atoms with Gasteiger partial charge in [0, 0.05) is 88.2 Å². The summed E-state index contributed by atoms with van der Waals surface area (Å²) in [4.78, 5) is 36.9. The lowest BCUT2D eigenvalue weighted by molar-refractivity contribution is -0.386. The molecule has 0 bridgehead atoms.